The lowest BCUT2D eigenvalue weighted by atomic mass is 10.1. The van der Waals surface area contributed by atoms with E-state index < -0.39 is 18.0 Å². The van der Waals surface area contributed by atoms with Crippen molar-refractivity contribution < 1.29 is 31.9 Å². The Morgan fingerprint density at radius 3 is 2.88 bits per heavy atom. The molecule has 2 fully saturated rings. The molecule has 0 radical (unpaired) electrons. The summed E-state index contributed by atoms with van der Waals surface area (Å²) in [6, 6.07) is 3.51. The van der Waals surface area contributed by atoms with Gasteiger partial charge in [-0.05, 0) is 37.5 Å². The van der Waals surface area contributed by atoms with Gasteiger partial charge in [-0.3, -0.25) is 9.48 Å². The highest BCUT2D eigenvalue weighted by Gasteiger charge is 2.33. The molecule has 0 bridgehead atoms. The Hall–Kier alpha value is -3.68. The van der Waals surface area contributed by atoms with E-state index >= 15 is 0 Å². The molecule has 2 aromatic heterocycles. The van der Waals surface area contributed by atoms with Crippen LogP contribution in [0.2, 0.25) is 0 Å². The van der Waals surface area contributed by atoms with Crippen LogP contribution in [0.4, 0.5) is 13.2 Å². The number of benzene rings is 1. The van der Waals surface area contributed by atoms with Crippen molar-refractivity contribution in [1.82, 2.24) is 35.8 Å². The van der Waals surface area contributed by atoms with E-state index in [1.165, 1.54) is 6.07 Å². The summed E-state index contributed by atoms with van der Waals surface area (Å²) >= 11 is 0. The summed E-state index contributed by atoms with van der Waals surface area (Å²) < 4.78 is 54.9. The number of halogens is 3. The molecule has 2 aliphatic rings. The van der Waals surface area contributed by atoms with Crippen LogP contribution in [0.5, 0.6) is 11.5 Å². The number of aromatic nitrogens is 5. The van der Waals surface area contributed by atoms with Gasteiger partial charge in [0.15, 0.2) is 0 Å². The van der Waals surface area contributed by atoms with Gasteiger partial charge in [-0.15, -0.1) is 28.5 Å². The van der Waals surface area contributed by atoms with Crippen molar-refractivity contribution in [3.63, 3.8) is 0 Å². The summed E-state index contributed by atoms with van der Waals surface area (Å²) in [5.41, 5.74) is 0.107. The van der Waals surface area contributed by atoms with Crippen molar-refractivity contribution in [3.8, 4) is 23.0 Å². The number of carbonyl (C=O) groups is 1. The molecule has 1 aromatic carbocycles. The van der Waals surface area contributed by atoms with Crippen LogP contribution >= 0.6 is 0 Å². The monoisotopic (exact) mass is 479 g/mol. The number of alkyl halides is 3. The normalized spacial score (nSPS) is 20.3. The fourth-order valence-corrected chi connectivity index (χ4v) is 3.64. The lowest BCUT2D eigenvalue weighted by molar-refractivity contribution is -0.274. The first-order valence-electron chi connectivity index (χ1n) is 10.6. The Morgan fingerprint density at radius 2 is 2.15 bits per heavy atom. The van der Waals surface area contributed by atoms with Crippen LogP contribution in [-0.4, -0.2) is 62.2 Å². The number of hydrogen-bond acceptors (Lipinski definition) is 9. The molecule has 34 heavy (non-hydrogen) atoms. The van der Waals surface area contributed by atoms with Gasteiger partial charge in [0.2, 0.25) is 0 Å². The summed E-state index contributed by atoms with van der Waals surface area (Å²) in [5, 5.41) is 21.4. The van der Waals surface area contributed by atoms with E-state index in [2.05, 4.69) is 35.9 Å². The smallest absolute Gasteiger partial charge is 0.490 e. The maximum Gasteiger partial charge on any atom is 0.573 e. The van der Waals surface area contributed by atoms with Gasteiger partial charge < -0.3 is 24.5 Å². The number of amides is 1. The Labute approximate surface area is 190 Å². The molecule has 3 aromatic rings. The molecule has 1 aliphatic heterocycles. The fourth-order valence-electron chi connectivity index (χ4n) is 3.64. The van der Waals surface area contributed by atoms with Crippen molar-refractivity contribution in [2.24, 2.45) is 0 Å². The molecule has 180 valence electrons. The van der Waals surface area contributed by atoms with E-state index in [0.717, 1.165) is 25.0 Å². The maximum absolute atomic E-state index is 12.7. The molecule has 2 N–H and O–H groups in total. The molecule has 14 heteroatoms. The average Bonchev–Trinajstić information content (AvgIpc) is 3.17. The quantitative estimate of drug-likeness (QED) is 0.498. The molecule has 2 atom stereocenters. The van der Waals surface area contributed by atoms with Crippen LogP contribution in [0.3, 0.4) is 0 Å². The van der Waals surface area contributed by atoms with E-state index in [1.54, 1.807) is 17.1 Å². The Morgan fingerprint density at radius 1 is 1.29 bits per heavy atom. The van der Waals surface area contributed by atoms with Crippen LogP contribution in [-0.2, 0) is 6.54 Å². The number of hydrogen-bond donors (Lipinski definition) is 2. The molecular weight excluding hydrogens is 459 g/mol. The molecule has 11 nitrogen and oxygen atoms in total. The topological polar surface area (TPSA) is 129 Å². The first-order chi connectivity index (χ1) is 16.3. The summed E-state index contributed by atoms with van der Waals surface area (Å²) in [6.07, 6.45) is 0.784. The second-order valence-electron chi connectivity index (χ2n) is 8.07. The minimum Gasteiger partial charge on any atom is -0.490 e. The lowest BCUT2D eigenvalue weighted by Gasteiger charge is -2.13. The molecular formula is C20H20F3N7O4. The third kappa shape index (κ3) is 5.44. The molecule has 1 saturated heterocycles. The molecule has 1 aliphatic carbocycles. The summed E-state index contributed by atoms with van der Waals surface area (Å²) in [7, 11) is 0. The number of carbonyl (C=O) groups excluding carboxylic acids is 1. The summed E-state index contributed by atoms with van der Waals surface area (Å²) in [5.74, 6) is -1.25. The summed E-state index contributed by atoms with van der Waals surface area (Å²) in [6.45, 7) is 1.15. The molecule has 1 amide bonds. The minimum absolute atomic E-state index is 0.0286. The Kier molecular flexibility index (Phi) is 5.81. The van der Waals surface area contributed by atoms with Gasteiger partial charge in [-0.1, -0.05) is 5.21 Å². The summed E-state index contributed by atoms with van der Waals surface area (Å²) in [4.78, 5) is 12.6. The molecule has 5 rings (SSSR count). The third-order valence-corrected chi connectivity index (χ3v) is 5.29. The first kappa shape index (κ1) is 22.1. The van der Waals surface area contributed by atoms with Crippen molar-refractivity contribution in [2.75, 3.05) is 6.54 Å². The maximum atomic E-state index is 12.7. The molecule has 0 unspecified atom stereocenters. The molecule has 0 spiro atoms. The van der Waals surface area contributed by atoms with Crippen molar-refractivity contribution in [3.05, 3.63) is 36.5 Å². The van der Waals surface area contributed by atoms with Gasteiger partial charge >= 0.3 is 18.2 Å². The van der Waals surface area contributed by atoms with Gasteiger partial charge in [0.25, 0.3) is 5.89 Å². The Bertz CT molecular complexity index is 1150. The first-order valence-corrected chi connectivity index (χ1v) is 10.6. The van der Waals surface area contributed by atoms with Crippen LogP contribution in [0, 0.1) is 0 Å². The lowest BCUT2D eigenvalue weighted by Crippen LogP contribution is -2.36. The van der Waals surface area contributed by atoms with E-state index in [-0.39, 0.29) is 41.3 Å². The zero-order chi connectivity index (χ0) is 23.7. The standard InChI is InChI=1S/C20H20F3N7O4/c21-20(22,23)34-14-3-4-16(32-13-1-2-13)15(8-14)18-27-28-19(33-18)17(31)26-11-7-12(24-9-11)10-30-6-5-25-29-30/h3-6,8,11-13,24H,1-2,7,9-10H2,(H,26,31)/t11-,12+/m1/s1. The zero-order valence-electron chi connectivity index (χ0n) is 17.7. The van der Waals surface area contributed by atoms with Crippen molar-refractivity contribution in [1.29, 1.82) is 0 Å². The van der Waals surface area contributed by atoms with E-state index in [0.29, 0.717) is 19.5 Å². The van der Waals surface area contributed by atoms with Gasteiger partial charge in [-0.2, -0.15) is 0 Å². The number of nitrogens with zero attached hydrogens (tertiary/aromatic N) is 5. The predicted molar refractivity (Wildman–Crippen MR) is 108 cm³/mol. The number of rotatable bonds is 8. The van der Waals surface area contributed by atoms with E-state index in [9.17, 15) is 18.0 Å². The fraction of sp³-hybridized carbons (Fsp3) is 0.450. The zero-order valence-corrected chi connectivity index (χ0v) is 17.7. The highest BCUT2D eigenvalue weighted by Crippen LogP contribution is 2.38. The van der Waals surface area contributed by atoms with E-state index in [4.69, 9.17) is 9.15 Å². The second kappa shape index (κ2) is 8.93. The SMILES string of the molecule is O=C(N[C@H]1CN[C@H](Cn2ccnn2)C1)c1nnc(-c2cc(OC(F)(F)F)ccc2OC2CC2)o1. The van der Waals surface area contributed by atoms with Crippen LogP contribution in [0.25, 0.3) is 11.5 Å². The van der Waals surface area contributed by atoms with Crippen LogP contribution in [0.15, 0.2) is 35.0 Å². The van der Waals surface area contributed by atoms with Gasteiger partial charge in [0.05, 0.1) is 24.4 Å². The van der Waals surface area contributed by atoms with Gasteiger partial charge in [0.1, 0.15) is 11.5 Å². The minimum atomic E-state index is -4.86. The highest BCUT2D eigenvalue weighted by molar-refractivity contribution is 5.90. The second-order valence-corrected chi connectivity index (χ2v) is 8.07. The average molecular weight is 479 g/mol. The molecule has 1 saturated carbocycles. The van der Waals surface area contributed by atoms with Gasteiger partial charge in [0, 0.05) is 24.8 Å². The largest absolute Gasteiger partial charge is 0.573 e. The molecule has 3 heterocycles. The Balaban J connectivity index is 1.27. The third-order valence-electron chi connectivity index (χ3n) is 5.29. The number of ether oxygens (including phenoxy) is 2. The number of nitrogens with one attached hydrogen (secondary N) is 2. The van der Waals surface area contributed by atoms with E-state index in [1.807, 2.05) is 0 Å². The predicted octanol–water partition coefficient (Wildman–Crippen LogP) is 1.93. The van der Waals surface area contributed by atoms with Gasteiger partial charge in [-0.25, -0.2) is 0 Å². The van der Waals surface area contributed by atoms with Crippen LogP contribution < -0.4 is 20.1 Å². The van der Waals surface area contributed by atoms with Crippen molar-refractivity contribution >= 4 is 5.91 Å². The highest BCUT2D eigenvalue weighted by atomic mass is 19.4. The van der Waals surface area contributed by atoms with Crippen LogP contribution in [0.1, 0.15) is 29.9 Å². The van der Waals surface area contributed by atoms with Crippen molar-refractivity contribution in [2.45, 2.75) is 50.4 Å².